The zero-order valence-electron chi connectivity index (χ0n) is 9.84. The van der Waals surface area contributed by atoms with Crippen LogP contribution in [0.25, 0.3) is 10.9 Å². The maximum Gasteiger partial charge on any atom is 0.337 e. The van der Waals surface area contributed by atoms with E-state index in [1.165, 1.54) is 0 Å². The second kappa shape index (κ2) is 4.59. The molecule has 0 radical (unpaired) electrons. The van der Waals surface area contributed by atoms with Gasteiger partial charge in [0.1, 0.15) is 5.76 Å². The molecule has 1 aromatic carbocycles. The van der Waals surface area contributed by atoms with Crippen molar-refractivity contribution in [1.82, 2.24) is 4.57 Å². The monoisotopic (exact) mass is 319 g/mol. The molecule has 0 atom stereocenters. The van der Waals surface area contributed by atoms with E-state index in [0.717, 1.165) is 11.1 Å². The lowest BCUT2D eigenvalue weighted by molar-refractivity contribution is 0.0698. The summed E-state index contributed by atoms with van der Waals surface area (Å²) < 4.78 is 8.00. The van der Waals surface area contributed by atoms with Crippen molar-refractivity contribution in [2.75, 3.05) is 0 Å². The van der Waals surface area contributed by atoms with Crippen molar-refractivity contribution in [3.05, 3.63) is 58.6 Å². The molecule has 1 N–H and O–H groups in total. The molecule has 2 heterocycles. The van der Waals surface area contributed by atoms with Crippen LogP contribution in [0.15, 0.2) is 51.7 Å². The molecule has 0 spiro atoms. The van der Waals surface area contributed by atoms with Crippen LogP contribution in [0.2, 0.25) is 0 Å². The number of nitrogens with zero attached hydrogens (tertiary/aromatic N) is 1. The highest BCUT2D eigenvalue weighted by Gasteiger charge is 2.13. The van der Waals surface area contributed by atoms with E-state index in [-0.39, 0.29) is 0 Å². The Labute approximate surface area is 117 Å². The average molecular weight is 320 g/mol. The Bertz CT molecular complexity index is 757. The molecule has 3 aromatic rings. The van der Waals surface area contributed by atoms with E-state index in [2.05, 4.69) is 15.9 Å². The Balaban J connectivity index is 2.11. The highest BCUT2D eigenvalue weighted by molar-refractivity contribution is 9.10. The predicted molar refractivity (Wildman–Crippen MR) is 74.4 cm³/mol. The second-order valence-electron chi connectivity index (χ2n) is 4.20. The first kappa shape index (κ1) is 12.0. The van der Waals surface area contributed by atoms with Crippen molar-refractivity contribution < 1.29 is 14.3 Å². The maximum atomic E-state index is 11.3. The first-order valence-electron chi connectivity index (χ1n) is 5.70. The Morgan fingerprint density at radius 3 is 2.79 bits per heavy atom. The molecule has 0 saturated heterocycles. The quantitative estimate of drug-likeness (QED) is 0.800. The Hall–Kier alpha value is -2.01. The number of halogens is 1. The van der Waals surface area contributed by atoms with Gasteiger partial charge < -0.3 is 14.1 Å². The normalized spacial score (nSPS) is 11.0. The van der Waals surface area contributed by atoms with E-state index in [4.69, 9.17) is 4.42 Å². The van der Waals surface area contributed by atoms with E-state index in [1.54, 1.807) is 12.1 Å². The number of carbonyl (C=O) groups is 1. The molecule has 0 bridgehead atoms. The van der Waals surface area contributed by atoms with Crippen LogP contribution in [0.5, 0.6) is 0 Å². The van der Waals surface area contributed by atoms with Gasteiger partial charge >= 0.3 is 5.97 Å². The summed E-state index contributed by atoms with van der Waals surface area (Å²) in [5.41, 5.74) is 1.01. The first-order valence-corrected chi connectivity index (χ1v) is 6.50. The van der Waals surface area contributed by atoms with Crippen LogP contribution in [-0.4, -0.2) is 15.6 Å². The van der Waals surface area contributed by atoms with Crippen LogP contribution < -0.4 is 0 Å². The van der Waals surface area contributed by atoms with Crippen LogP contribution >= 0.6 is 15.9 Å². The highest BCUT2D eigenvalue weighted by Crippen LogP contribution is 2.23. The van der Waals surface area contributed by atoms with Crippen molar-refractivity contribution in [2.45, 2.75) is 6.54 Å². The van der Waals surface area contributed by atoms with E-state index < -0.39 is 5.97 Å². The van der Waals surface area contributed by atoms with Crippen LogP contribution in [0, 0.1) is 0 Å². The summed E-state index contributed by atoms with van der Waals surface area (Å²) in [4.78, 5) is 11.3. The summed E-state index contributed by atoms with van der Waals surface area (Å²) in [7, 11) is 0. The maximum absolute atomic E-state index is 11.3. The summed E-state index contributed by atoms with van der Waals surface area (Å²) >= 11 is 3.25. The molecule has 19 heavy (non-hydrogen) atoms. The van der Waals surface area contributed by atoms with Crippen molar-refractivity contribution in [3.63, 3.8) is 0 Å². The fourth-order valence-corrected chi connectivity index (χ4v) is 2.51. The highest BCUT2D eigenvalue weighted by atomic mass is 79.9. The number of aromatic carboxylic acids is 1. The van der Waals surface area contributed by atoms with Crippen molar-refractivity contribution in [1.29, 1.82) is 0 Å². The van der Waals surface area contributed by atoms with Crippen molar-refractivity contribution in [3.8, 4) is 0 Å². The van der Waals surface area contributed by atoms with Gasteiger partial charge in [-0.2, -0.15) is 0 Å². The third-order valence-corrected chi connectivity index (χ3v) is 3.40. The van der Waals surface area contributed by atoms with Gasteiger partial charge in [-0.1, -0.05) is 12.1 Å². The van der Waals surface area contributed by atoms with Crippen LogP contribution in [0.4, 0.5) is 0 Å². The van der Waals surface area contributed by atoms with Gasteiger partial charge in [-0.3, -0.25) is 0 Å². The molecule has 3 rings (SSSR count). The van der Waals surface area contributed by atoms with Gasteiger partial charge in [-0.05, 0) is 40.2 Å². The molecular weight excluding hydrogens is 310 g/mol. The molecule has 5 heteroatoms. The summed E-state index contributed by atoms with van der Waals surface area (Å²) in [6, 6.07) is 10.8. The lowest BCUT2D eigenvalue weighted by Gasteiger charge is -2.05. The number of carboxylic acid groups (broad SMARTS) is 1. The molecular formula is C14H10BrNO3. The van der Waals surface area contributed by atoms with Gasteiger partial charge in [0.05, 0.1) is 17.6 Å². The van der Waals surface area contributed by atoms with Crippen LogP contribution in [0.3, 0.4) is 0 Å². The molecule has 0 unspecified atom stereocenters. The molecule has 0 saturated carbocycles. The minimum atomic E-state index is -0.925. The third-order valence-electron chi connectivity index (χ3n) is 2.97. The fraction of sp³-hybridized carbons (Fsp3) is 0.0714. The van der Waals surface area contributed by atoms with Crippen molar-refractivity contribution in [2.24, 2.45) is 0 Å². The molecule has 2 aromatic heterocycles. The Morgan fingerprint density at radius 1 is 1.26 bits per heavy atom. The minimum Gasteiger partial charge on any atom is -0.478 e. The van der Waals surface area contributed by atoms with Gasteiger partial charge in [0.2, 0.25) is 0 Å². The number of hydrogen-bond donors (Lipinski definition) is 1. The SMILES string of the molecule is O=C(O)c1cccc2ccn(Cc3ccc(Br)o3)c12. The largest absolute Gasteiger partial charge is 0.478 e. The first-order chi connectivity index (χ1) is 9.15. The zero-order chi connectivity index (χ0) is 13.4. The minimum absolute atomic E-state index is 0.299. The standard InChI is InChI=1S/C14H10BrNO3/c15-12-5-4-10(19-12)8-16-7-6-9-2-1-3-11(13(9)16)14(17)18/h1-7H,8H2,(H,17,18). The van der Waals surface area contributed by atoms with E-state index in [1.807, 2.05) is 35.0 Å². The summed E-state index contributed by atoms with van der Waals surface area (Å²) in [5.74, 6) is -0.157. The zero-order valence-corrected chi connectivity index (χ0v) is 11.4. The lowest BCUT2D eigenvalue weighted by Crippen LogP contribution is -2.03. The third kappa shape index (κ3) is 2.17. The van der Waals surface area contributed by atoms with Crippen LogP contribution in [0.1, 0.15) is 16.1 Å². The van der Waals surface area contributed by atoms with Gasteiger partial charge in [0, 0.05) is 11.6 Å². The van der Waals surface area contributed by atoms with E-state index in [0.29, 0.717) is 22.3 Å². The molecule has 4 nitrogen and oxygen atoms in total. The van der Waals surface area contributed by atoms with Gasteiger partial charge in [-0.25, -0.2) is 4.79 Å². The molecule has 0 amide bonds. The number of furan rings is 1. The smallest absolute Gasteiger partial charge is 0.337 e. The molecule has 0 aliphatic heterocycles. The predicted octanol–water partition coefficient (Wildman–Crippen LogP) is 3.74. The number of fused-ring (bicyclic) bond motifs is 1. The Morgan fingerprint density at radius 2 is 2.11 bits per heavy atom. The van der Waals surface area contributed by atoms with Gasteiger partial charge in [0.25, 0.3) is 0 Å². The summed E-state index contributed by atoms with van der Waals surface area (Å²) in [6.45, 7) is 0.499. The van der Waals surface area contributed by atoms with Crippen LogP contribution in [-0.2, 0) is 6.54 Å². The second-order valence-corrected chi connectivity index (χ2v) is 4.98. The summed E-state index contributed by atoms with van der Waals surface area (Å²) in [6.07, 6.45) is 1.87. The summed E-state index contributed by atoms with van der Waals surface area (Å²) in [5, 5.41) is 10.2. The number of para-hydroxylation sites is 1. The molecule has 0 fully saturated rings. The molecule has 96 valence electrons. The number of rotatable bonds is 3. The fourth-order valence-electron chi connectivity index (χ4n) is 2.17. The van der Waals surface area contributed by atoms with Crippen molar-refractivity contribution >= 4 is 32.8 Å². The molecule has 0 aliphatic rings. The number of carboxylic acids is 1. The van der Waals surface area contributed by atoms with Gasteiger partial charge in [0.15, 0.2) is 4.67 Å². The average Bonchev–Trinajstić information content (AvgIpc) is 2.97. The Kier molecular flexibility index (Phi) is 2.91. The number of aromatic nitrogens is 1. The van der Waals surface area contributed by atoms with Gasteiger partial charge in [-0.15, -0.1) is 0 Å². The van der Waals surface area contributed by atoms with E-state index >= 15 is 0 Å². The molecule has 0 aliphatic carbocycles. The topological polar surface area (TPSA) is 55.4 Å². The number of hydrogen-bond acceptors (Lipinski definition) is 2. The number of benzene rings is 1. The lowest BCUT2D eigenvalue weighted by atomic mass is 10.1. The van der Waals surface area contributed by atoms with E-state index in [9.17, 15) is 9.90 Å².